The second kappa shape index (κ2) is 6.83. The number of carboxylic acids is 1. The lowest BCUT2D eigenvalue weighted by atomic mass is 10.1. The monoisotopic (exact) mass is 329 g/mol. The van der Waals surface area contributed by atoms with E-state index in [0.29, 0.717) is 22.2 Å². The molecule has 2 atom stereocenters. The van der Waals surface area contributed by atoms with Crippen molar-refractivity contribution in [2.75, 3.05) is 6.61 Å². The van der Waals surface area contributed by atoms with E-state index < -0.39 is 11.9 Å². The van der Waals surface area contributed by atoms with E-state index in [-0.39, 0.29) is 18.6 Å². The lowest BCUT2D eigenvalue weighted by molar-refractivity contribution is -0.140. The smallest absolute Gasteiger partial charge is 0.310 e. The normalized spacial score (nSPS) is 20.3. The van der Waals surface area contributed by atoms with E-state index in [1.165, 1.54) is 6.07 Å². The van der Waals surface area contributed by atoms with E-state index in [1.807, 2.05) is 0 Å². The second-order valence-corrected chi connectivity index (χ2v) is 5.45. The van der Waals surface area contributed by atoms with E-state index in [0.717, 1.165) is 0 Å². The van der Waals surface area contributed by atoms with Crippen LogP contribution in [-0.4, -0.2) is 29.6 Å². The molecule has 0 aromatic heterocycles. The van der Waals surface area contributed by atoms with E-state index >= 15 is 0 Å². The Bertz CT molecular complexity index is 588. The van der Waals surface area contributed by atoms with Crippen molar-refractivity contribution in [2.45, 2.75) is 12.5 Å². The van der Waals surface area contributed by atoms with Crippen molar-refractivity contribution in [3.8, 4) is 5.75 Å². The summed E-state index contributed by atoms with van der Waals surface area (Å²) in [7, 11) is 0. The molecule has 5 nitrogen and oxygen atoms in total. The molecule has 0 radical (unpaired) electrons. The number of benzene rings is 1. The Morgan fingerprint density at radius 2 is 2.10 bits per heavy atom. The Hall–Kier alpha value is -1.72. The highest BCUT2D eigenvalue weighted by Crippen LogP contribution is 2.27. The van der Waals surface area contributed by atoms with Crippen LogP contribution in [0.4, 0.5) is 0 Å². The van der Waals surface area contributed by atoms with E-state index in [2.05, 4.69) is 5.32 Å². The van der Waals surface area contributed by atoms with Gasteiger partial charge in [0.2, 0.25) is 0 Å². The molecule has 0 spiro atoms. The Morgan fingerprint density at radius 3 is 2.76 bits per heavy atom. The van der Waals surface area contributed by atoms with Crippen molar-refractivity contribution in [1.82, 2.24) is 5.32 Å². The quantitative estimate of drug-likeness (QED) is 0.814. The van der Waals surface area contributed by atoms with Gasteiger partial charge in [0.25, 0.3) is 5.91 Å². The first-order chi connectivity index (χ1) is 9.95. The maximum atomic E-state index is 11.8. The highest BCUT2D eigenvalue weighted by atomic mass is 35.5. The number of halogens is 2. The van der Waals surface area contributed by atoms with Crippen molar-refractivity contribution in [3.63, 3.8) is 0 Å². The molecule has 0 bridgehead atoms. The highest BCUT2D eigenvalue weighted by Gasteiger charge is 2.25. The molecule has 1 aliphatic carbocycles. The number of hydrogen-bond acceptors (Lipinski definition) is 3. The molecule has 2 unspecified atom stereocenters. The predicted molar refractivity (Wildman–Crippen MR) is 78.8 cm³/mol. The van der Waals surface area contributed by atoms with Crippen LogP contribution in [0.2, 0.25) is 10.0 Å². The molecule has 112 valence electrons. The van der Waals surface area contributed by atoms with Crippen molar-refractivity contribution >= 4 is 35.1 Å². The summed E-state index contributed by atoms with van der Waals surface area (Å²) in [6.45, 7) is -0.220. The summed E-state index contributed by atoms with van der Waals surface area (Å²) in [5.41, 5.74) is 0. The number of carbonyl (C=O) groups is 2. The van der Waals surface area contributed by atoms with E-state index in [4.69, 9.17) is 33.0 Å². The summed E-state index contributed by atoms with van der Waals surface area (Å²) in [5, 5.41) is 12.4. The summed E-state index contributed by atoms with van der Waals surface area (Å²) in [6, 6.07) is 4.42. The Morgan fingerprint density at radius 1 is 1.33 bits per heavy atom. The Labute approximate surface area is 131 Å². The molecule has 21 heavy (non-hydrogen) atoms. The molecule has 0 aliphatic heterocycles. The number of hydrogen-bond donors (Lipinski definition) is 2. The van der Waals surface area contributed by atoms with Crippen LogP contribution < -0.4 is 10.1 Å². The SMILES string of the molecule is O=C(COc1cc(Cl)ccc1Cl)NC1C=CC(C(=O)O)C1. The standard InChI is InChI=1S/C14H13Cl2NO4/c15-9-2-4-11(16)12(6-9)21-7-13(18)17-10-3-1-8(5-10)14(19)20/h1-4,6,8,10H,5,7H2,(H,17,18)(H,19,20). The van der Waals surface area contributed by atoms with E-state index in [9.17, 15) is 9.59 Å². The number of ether oxygens (including phenoxy) is 1. The lowest BCUT2D eigenvalue weighted by Gasteiger charge is -2.13. The minimum Gasteiger partial charge on any atom is -0.482 e. The fourth-order valence-electron chi connectivity index (χ4n) is 1.97. The topological polar surface area (TPSA) is 75.6 Å². The molecule has 2 rings (SSSR count). The van der Waals surface area contributed by atoms with Gasteiger partial charge in [-0.15, -0.1) is 0 Å². The van der Waals surface area contributed by atoms with E-state index in [1.54, 1.807) is 24.3 Å². The van der Waals surface area contributed by atoms with Gasteiger partial charge in [-0.2, -0.15) is 0 Å². The van der Waals surface area contributed by atoms with Gasteiger partial charge in [0, 0.05) is 17.1 Å². The average molecular weight is 330 g/mol. The summed E-state index contributed by atoms with van der Waals surface area (Å²) in [6.07, 6.45) is 3.59. The first-order valence-electron chi connectivity index (χ1n) is 6.24. The zero-order valence-electron chi connectivity index (χ0n) is 10.9. The number of carbonyl (C=O) groups excluding carboxylic acids is 1. The average Bonchev–Trinajstić information content (AvgIpc) is 2.88. The van der Waals surface area contributed by atoms with Crippen molar-refractivity contribution < 1.29 is 19.4 Å². The molecule has 0 saturated carbocycles. The Kier molecular flexibility index (Phi) is 5.09. The lowest BCUT2D eigenvalue weighted by Crippen LogP contribution is -2.36. The number of aliphatic carboxylic acids is 1. The highest BCUT2D eigenvalue weighted by molar-refractivity contribution is 6.34. The van der Waals surface area contributed by atoms with Gasteiger partial charge in [0.15, 0.2) is 6.61 Å². The molecule has 1 aromatic rings. The van der Waals surface area contributed by atoms with Gasteiger partial charge < -0.3 is 15.2 Å². The fraction of sp³-hybridized carbons (Fsp3) is 0.286. The predicted octanol–water partition coefficient (Wildman–Crippen LogP) is 2.52. The molecular weight excluding hydrogens is 317 g/mol. The van der Waals surface area contributed by atoms with Gasteiger partial charge in [-0.05, 0) is 18.6 Å². The minimum absolute atomic E-state index is 0.220. The number of rotatable bonds is 5. The third-order valence-electron chi connectivity index (χ3n) is 3.00. The molecule has 2 N–H and O–H groups in total. The molecule has 1 aliphatic rings. The third-order valence-corrected chi connectivity index (χ3v) is 3.55. The van der Waals surface area contributed by atoms with Crippen LogP contribution in [0.3, 0.4) is 0 Å². The fourth-order valence-corrected chi connectivity index (χ4v) is 2.30. The van der Waals surface area contributed by atoms with Gasteiger partial charge in [0.05, 0.1) is 10.9 Å². The van der Waals surface area contributed by atoms with Crippen molar-refractivity contribution in [3.05, 3.63) is 40.4 Å². The van der Waals surface area contributed by atoms with Crippen LogP contribution in [0.15, 0.2) is 30.4 Å². The van der Waals surface area contributed by atoms with Crippen LogP contribution >= 0.6 is 23.2 Å². The summed E-state index contributed by atoms with van der Waals surface area (Å²) in [4.78, 5) is 22.5. The second-order valence-electron chi connectivity index (χ2n) is 4.60. The summed E-state index contributed by atoms with van der Waals surface area (Å²) in [5.74, 6) is -1.49. The third kappa shape index (κ3) is 4.37. The molecular formula is C14H13Cl2NO4. The number of carboxylic acid groups (broad SMARTS) is 1. The van der Waals surface area contributed by atoms with Gasteiger partial charge >= 0.3 is 5.97 Å². The maximum Gasteiger partial charge on any atom is 0.310 e. The first kappa shape index (κ1) is 15.7. The van der Waals surface area contributed by atoms with Gasteiger partial charge in [-0.3, -0.25) is 9.59 Å². The maximum absolute atomic E-state index is 11.8. The van der Waals surface area contributed by atoms with Crippen molar-refractivity contribution in [2.24, 2.45) is 5.92 Å². The van der Waals surface area contributed by atoms with Gasteiger partial charge in [-0.1, -0.05) is 35.4 Å². The van der Waals surface area contributed by atoms with Crippen LogP contribution in [-0.2, 0) is 9.59 Å². The van der Waals surface area contributed by atoms with Crippen LogP contribution in [0.5, 0.6) is 5.75 Å². The number of nitrogens with one attached hydrogen (secondary N) is 1. The molecule has 0 saturated heterocycles. The molecule has 1 amide bonds. The largest absolute Gasteiger partial charge is 0.482 e. The molecule has 0 fully saturated rings. The summed E-state index contributed by atoms with van der Waals surface area (Å²) >= 11 is 11.7. The summed E-state index contributed by atoms with van der Waals surface area (Å²) < 4.78 is 5.30. The van der Waals surface area contributed by atoms with Crippen molar-refractivity contribution in [1.29, 1.82) is 0 Å². The van der Waals surface area contributed by atoms with Crippen LogP contribution in [0.25, 0.3) is 0 Å². The van der Waals surface area contributed by atoms with Gasteiger partial charge in [-0.25, -0.2) is 0 Å². The molecule has 0 heterocycles. The molecule has 1 aromatic carbocycles. The van der Waals surface area contributed by atoms with Crippen LogP contribution in [0.1, 0.15) is 6.42 Å². The first-order valence-corrected chi connectivity index (χ1v) is 6.99. The Balaban J connectivity index is 1.82. The van der Waals surface area contributed by atoms with Crippen LogP contribution in [0, 0.1) is 5.92 Å². The van der Waals surface area contributed by atoms with Gasteiger partial charge in [0.1, 0.15) is 5.75 Å². The minimum atomic E-state index is -0.898. The number of amides is 1. The molecule has 7 heteroatoms. The zero-order chi connectivity index (χ0) is 15.4. The zero-order valence-corrected chi connectivity index (χ0v) is 12.4.